The molecule has 0 N–H and O–H groups in total. The highest BCUT2D eigenvalue weighted by Gasteiger charge is 2.97. The van der Waals surface area contributed by atoms with Crippen LogP contribution in [0.1, 0.15) is 40.0 Å². The van der Waals surface area contributed by atoms with Gasteiger partial charge in [-0.05, 0) is 40.0 Å². The van der Waals surface area contributed by atoms with Gasteiger partial charge in [0.05, 0.1) is 16.9 Å². The van der Waals surface area contributed by atoms with Crippen LogP contribution in [-0.2, 0) is 14.3 Å². The van der Waals surface area contributed by atoms with Gasteiger partial charge in [-0.15, -0.1) is 0 Å². The van der Waals surface area contributed by atoms with Gasteiger partial charge in [0.25, 0.3) is 0 Å². The van der Waals surface area contributed by atoms with E-state index in [9.17, 15) is 4.79 Å². The van der Waals surface area contributed by atoms with E-state index in [4.69, 9.17) is 9.47 Å². The van der Waals surface area contributed by atoms with Gasteiger partial charge in [0.1, 0.15) is 16.8 Å². The Bertz CT molecular complexity index is 554. The number of rotatable bonds is 0. The third-order valence-corrected chi connectivity index (χ3v) is 7.21. The predicted octanol–water partition coefficient (Wildman–Crippen LogP) is 2.00. The third kappa shape index (κ3) is 0.540. The maximum atomic E-state index is 13.2. The molecule has 3 heteroatoms. The second-order valence-electron chi connectivity index (χ2n) is 7.25. The summed E-state index contributed by atoms with van der Waals surface area (Å²) in [6, 6.07) is 0. The van der Waals surface area contributed by atoms with E-state index >= 15 is 0 Å². The molecular weight excluding hydrogens is 228 g/mol. The molecule has 2 spiro atoms. The molecule has 5 aliphatic rings. The lowest BCUT2D eigenvalue weighted by Crippen LogP contribution is -2.62. The highest BCUT2D eigenvalue weighted by molar-refractivity contribution is 6.02. The molecule has 0 aromatic rings. The summed E-state index contributed by atoms with van der Waals surface area (Å²) < 4.78 is 12.6. The molecule has 3 nitrogen and oxygen atoms in total. The summed E-state index contributed by atoms with van der Waals surface area (Å²) in [7, 11) is 0. The smallest absolute Gasteiger partial charge is 0.157 e. The van der Waals surface area contributed by atoms with Crippen LogP contribution in [0.5, 0.6) is 0 Å². The highest BCUT2D eigenvalue weighted by Crippen LogP contribution is 2.83. The van der Waals surface area contributed by atoms with E-state index in [-0.39, 0.29) is 22.9 Å². The first kappa shape index (κ1) is 10.2. The monoisotopic (exact) mass is 246 g/mol. The van der Waals surface area contributed by atoms with Gasteiger partial charge in [-0.1, -0.05) is 12.2 Å². The topological polar surface area (TPSA) is 38.8 Å². The molecule has 2 saturated heterocycles. The summed E-state index contributed by atoms with van der Waals surface area (Å²) in [5.41, 5.74) is -1.94. The molecule has 6 atom stereocenters. The second kappa shape index (κ2) is 2.14. The number of fused-ring (bicyclic) bond motifs is 5. The van der Waals surface area contributed by atoms with E-state index in [1.165, 1.54) is 0 Å². The molecule has 0 aromatic carbocycles. The SMILES string of the molecule is C[C@]12O[C@@]1(C)[C@@]1(C)C(=O)[C@@]23CCC[C@]32C=C[C@H]1O2. The van der Waals surface area contributed by atoms with Crippen LogP contribution in [0.15, 0.2) is 12.2 Å². The minimum absolute atomic E-state index is 0.0921. The molecular formula is C15H18O3. The van der Waals surface area contributed by atoms with E-state index in [1.54, 1.807) is 0 Å². The van der Waals surface area contributed by atoms with Crippen LogP contribution in [0.3, 0.4) is 0 Å². The summed E-state index contributed by atoms with van der Waals surface area (Å²) in [4.78, 5) is 13.2. The number of hydrogen-bond acceptors (Lipinski definition) is 3. The van der Waals surface area contributed by atoms with Crippen LogP contribution in [0.25, 0.3) is 0 Å². The summed E-state index contributed by atoms with van der Waals surface area (Å²) >= 11 is 0. The number of hydrogen-bond donors (Lipinski definition) is 0. The van der Waals surface area contributed by atoms with Crippen molar-refractivity contribution >= 4 is 5.78 Å². The Morgan fingerprint density at radius 2 is 2.00 bits per heavy atom. The number of carbonyl (C=O) groups excluding carboxylic acids is 1. The zero-order valence-corrected chi connectivity index (χ0v) is 11.1. The van der Waals surface area contributed by atoms with Gasteiger partial charge >= 0.3 is 0 Å². The van der Waals surface area contributed by atoms with Crippen LogP contribution in [-0.4, -0.2) is 28.7 Å². The highest BCUT2D eigenvalue weighted by atomic mass is 16.6. The molecule has 18 heavy (non-hydrogen) atoms. The molecule has 2 aliphatic carbocycles. The van der Waals surface area contributed by atoms with Crippen LogP contribution in [0, 0.1) is 10.8 Å². The van der Waals surface area contributed by atoms with Crippen LogP contribution in [0.4, 0.5) is 0 Å². The summed E-state index contributed by atoms with van der Waals surface area (Å²) in [5, 5.41) is 0. The Morgan fingerprint density at radius 1 is 1.22 bits per heavy atom. The van der Waals surface area contributed by atoms with Crippen molar-refractivity contribution in [2.24, 2.45) is 10.8 Å². The number of ketones is 1. The number of ether oxygens (including phenoxy) is 2. The van der Waals surface area contributed by atoms with Crippen molar-refractivity contribution in [3.05, 3.63) is 12.2 Å². The molecule has 0 aromatic heterocycles. The van der Waals surface area contributed by atoms with Crippen molar-refractivity contribution in [1.82, 2.24) is 0 Å². The Kier molecular flexibility index (Phi) is 1.21. The van der Waals surface area contributed by atoms with Gasteiger partial charge in [-0.2, -0.15) is 0 Å². The van der Waals surface area contributed by atoms with Gasteiger partial charge in [0.15, 0.2) is 5.78 Å². The van der Waals surface area contributed by atoms with E-state index in [2.05, 4.69) is 32.9 Å². The molecule has 96 valence electrons. The lowest BCUT2D eigenvalue weighted by atomic mass is 9.64. The lowest BCUT2D eigenvalue weighted by molar-refractivity contribution is -0.203. The summed E-state index contributed by atoms with van der Waals surface area (Å²) in [6.45, 7) is 6.31. The second-order valence-corrected chi connectivity index (χ2v) is 7.25. The van der Waals surface area contributed by atoms with Crippen molar-refractivity contribution in [3.8, 4) is 0 Å². The maximum Gasteiger partial charge on any atom is 0.157 e. The Labute approximate surface area is 107 Å². The molecule has 2 saturated carbocycles. The van der Waals surface area contributed by atoms with Crippen molar-refractivity contribution in [1.29, 1.82) is 0 Å². The number of carbonyl (C=O) groups is 1. The largest absolute Gasteiger partial charge is 0.361 e. The standard InChI is InChI=1S/C15H18O3/c1-11-9-5-8-14(17-9)6-4-7-15(14,10(11)16)13(3)12(11,2)18-13/h5,8-9H,4,6-7H2,1-3H3/t9-,11-,12+,13+,14+,15+/m1/s1. The van der Waals surface area contributed by atoms with Gasteiger partial charge < -0.3 is 9.47 Å². The minimum Gasteiger partial charge on any atom is -0.361 e. The van der Waals surface area contributed by atoms with Crippen molar-refractivity contribution in [2.45, 2.75) is 62.9 Å². The fourth-order valence-corrected chi connectivity index (χ4v) is 5.99. The molecule has 4 bridgehead atoms. The first-order chi connectivity index (χ1) is 8.38. The van der Waals surface area contributed by atoms with Gasteiger partial charge in [0, 0.05) is 0 Å². The lowest BCUT2D eigenvalue weighted by Gasteiger charge is -2.49. The summed E-state index contributed by atoms with van der Waals surface area (Å²) in [5.74, 6) is 0.407. The Balaban J connectivity index is 1.92. The van der Waals surface area contributed by atoms with Gasteiger partial charge in [-0.3, -0.25) is 4.79 Å². The quantitative estimate of drug-likeness (QED) is 0.485. The zero-order valence-electron chi connectivity index (χ0n) is 11.1. The summed E-state index contributed by atoms with van der Waals surface area (Å²) in [6.07, 6.45) is 7.17. The van der Waals surface area contributed by atoms with Gasteiger partial charge in [0.2, 0.25) is 0 Å². The van der Waals surface area contributed by atoms with Crippen molar-refractivity contribution < 1.29 is 14.3 Å². The Morgan fingerprint density at radius 3 is 2.78 bits per heavy atom. The molecule has 3 aliphatic heterocycles. The average molecular weight is 246 g/mol. The molecule has 0 radical (unpaired) electrons. The Hall–Kier alpha value is -0.670. The fraction of sp³-hybridized carbons (Fsp3) is 0.800. The molecule has 3 heterocycles. The molecule has 0 unspecified atom stereocenters. The van der Waals surface area contributed by atoms with Crippen LogP contribution < -0.4 is 0 Å². The third-order valence-electron chi connectivity index (χ3n) is 7.21. The number of epoxide rings is 1. The molecule has 0 amide bonds. The maximum absolute atomic E-state index is 13.2. The number of Topliss-reactive ketones (excluding diaryl/α,β-unsaturated/α-hetero) is 1. The normalized spacial score (nSPS) is 70.4. The van der Waals surface area contributed by atoms with Crippen molar-refractivity contribution in [3.63, 3.8) is 0 Å². The van der Waals surface area contributed by atoms with E-state index in [0.29, 0.717) is 5.78 Å². The first-order valence-electron chi connectivity index (χ1n) is 7.00. The van der Waals surface area contributed by atoms with E-state index in [1.807, 2.05) is 0 Å². The van der Waals surface area contributed by atoms with Crippen LogP contribution >= 0.6 is 0 Å². The average Bonchev–Trinajstić information content (AvgIpc) is 2.73. The fourth-order valence-electron chi connectivity index (χ4n) is 5.99. The van der Waals surface area contributed by atoms with E-state index in [0.717, 1.165) is 19.3 Å². The minimum atomic E-state index is -0.497. The predicted molar refractivity (Wildman–Crippen MR) is 64.0 cm³/mol. The first-order valence-corrected chi connectivity index (χ1v) is 7.00. The zero-order chi connectivity index (χ0) is 12.6. The van der Waals surface area contributed by atoms with Gasteiger partial charge in [-0.25, -0.2) is 0 Å². The molecule has 4 fully saturated rings. The molecule has 5 rings (SSSR count). The van der Waals surface area contributed by atoms with Crippen molar-refractivity contribution in [2.75, 3.05) is 0 Å². The van der Waals surface area contributed by atoms with E-state index < -0.39 is 10.8 Å². The van der Waals surface area contributed by atoms with Crippen LogP contribution in [0.2, 0.25) is 0 Å².